The van der Waals surface area contributed by atoms with Crippen molar-refractivity contribution in [3.63, 3.8) is 0 Å². The molecule has 1 aliphatic heterocycles. The van der Waals surface area contributed by atoms with Crippen LogP contribution in [0.4, 0.5) is 4.79 Å². The first-order valence-corrected chi connectivity index (χ1v) is 22.4. The zero-order chi connectivity index (χ0) is 44.3. The van der Waals surface area contributed by atoms with Crippen LogP contribution >= 0.6 is 0 Å². The number of nitrogens with zero attached hydrogens (tertiary/aromatic N) is 8. The maximum atomic E-state index is 16.1. The summed E-state index contributed by atoms with van der Waals surface area (Å²) in [6.07, 6.45) is -1.04. The fraction of sp³-hybridized carbons (Fsp3) is 0.238. The Morgan fingerprint density at radius 2 is 1.40 bits per heavy atom. The van der Waals surface area contributed by atoms with Gasteiger partial charge in [0.25, 0.3) is 0 Å². The first-order valence-electron chi connectivity index (χ1n) is 19.5. The van der Waals surface area contributed by atoms with Crippen molar-refractivity contribution >= 4 is 37.2 Å². The monoisotopic (exact) mass is 894 g/mol. The van der Waals surface area contributed by atoms with Crippen molar-refractivity contribution in [2.45, 2.75) is 41.9 Å². The van der Waals surface area contributed by atoms with Gasteiger partial charge in [-0.15, -0.1) is 10.2 Å². The Hall–Kier alpha value is -6.94. The number of aromatic amines is 1. The van der Waals surface area contributed by atoms with E-state index in [0.29, 0.717) is 45.0 Å². The summed E-state index contributed by atoms with van der Waals surface area (Å²) < 4.78 is 83.2. The molecule has 1 saturated heterocycles. The summed E-state index contributed by atoms with van der Waals surface area (Å²) in [5, 5.41) is 33.5. The van der Waals surface area contributed by atoms with Gasteiger partial charge in [-0.3, -0.25) is 5.10 Å². The van der Waals surface area contributed by atoms with Gasteiger partial charge < -0.3 is 24.2 Å². The Morgan fingerprint density at radius 3 is 1.97 bits per heavy atom. The SMILES string of the molecule is COc1ccc(CN(Cc2ccc(OC)cc2)S(=O)(=O)c2c(S(=O)(=O)N[C@@H]3CCN(C(=O)O)C3)ccc(-c3cccc4[nH]nnc34)c2-c2nnnn2Cc2ccc(OC)cc2)cc1. The number of hydrogen-bond donors (Lipinski definition) is 3. The molecule has 2 aromatic heterocycles. The number of methoxy groups -OCH3 is 3. The van der Waals surface area contributed by atoms with Gasteiger partial charge in [0, 0.05) is 37.8 Å². The van der Waals surface area contributed by atoms with Crippen molar-refractivity contribution in [2.75, 3.05) is 34.4 Å². The van der Waals surface area contributed by atoms with Gasteiger partial charge in [0.1, 0.15) is 32.6 Å². The summed E-state index contributed by atoms with van der Waals surface area (Å²) in [4.78, 5) is 11.7. The lowest BCUT2D eigenvalue weighted by atomic mass is 9.97. The lowest BCUT2D eigenvalue weighted by Crippen LogP contribution is -2.39. The molecule has 21 heteroatoms. The van der Waals surface area contributed by atoms with Gasteiger partial charge in [-0.25, -0.2) is 31.0 Å². The predicted octanol–water partition coefficient (Wildman–Crippen LogP) is 4.77. The number of carbonyl (C=O) groups is 1. The molecule has 0 radical (unpaired) electrons. The highest BCUT2D eigenvalue weighted by atomic mass is 32.2. The van der Waals surface area contributed by atoms with E-state index in [1.807, 2.05) is 0 Å². The summed E-state index contributed by atoms with van der Waals surface area (Å²) in [6.45, 7) is -0.432. The minimum absolute atomic E-state index is 0.0448. The maximum absolute atomic E-state index is 16.1. The lowest BCUT2D eigenvalue weighted by Gasteiger charge is -2.27. The summed E-state index contributed by atoms with van der Waals surface area (Å²) in [6, 6.07) is 27.9. The largest absolute Gasteiger partial charge is 0.497 e. The van der Waals surface area contributed by atoms with Crippen LogP contribution in [0.5, 0.6) is 17.2 Å². The summed E-state index contributed by atoms with van der Waals surface area (Å²) >= 11 is 0. The van der Waals surface area contributed by atoms with Gasteiger partial charge in [-0.2, -0.15) is 4.31 Å². The fourth-order valence-corrected chi connectivity index (χ4v) is 11.2. The van der Waals surface area contributed by atoms with Crippen molar-refractivity contribution in [2.24, 2.45) is 0 Å². The maximum Gasteiger partial charge on any atom is 0.407 e. The molecule has 326 valence electrons. The molecule has 7 aromatic rings. The quantitative estimate of drug-likeness (QED) is 0.119. The van der Waals surface area contributed by atoms with Crippen LogP contribution in [0, 0.1) is 0 Å². The molecule has 0 bridgehead atoms. The minimum Gasteiger partial charge on any atom is -0.497 e. The average molecular weight is 895 g/mol. The molecule has 3 N–H and O–H groups in total. The van der Waals surface area contributed by atoms with Crippen LogP contribution in [-0.4, -0.2) is 113 Å². The predicted molar refractivity (Wildman–Crippen MR) is 229 cm³/mol. The van der Waals surface area contributed by atoms with E-state index in [0.717, 1.165) is 10.5 Å². The number of carboxylic acid groups (broad SMARTS) is 1. The van der Waals surface area contributed by atoms with Crippen LogP contribution in [0.25, 0.3) is 33.5 Å². The van der Waals surface area contributed by atoms with Crippen LogP contribution in [0.1, 0.15) is 23.1 Å². The highest BCUT2D eigenvalue weighted by molar-refractivity contribution is 7.92. The second-order valence-electron chi connectivity index (χ2n) is 14.6. The molecule has 19 nitrogen and oxygen atoms in total. The Bertz CT molecular complexity index is 2930. The summed E-state index contributed by atoms with van der Waals surface area (Å²) in [7, 11) is -5.12. The van der Waals surface area contributed by atoms with Crippen LogP contribution < -0.4 is 18.9 Å². The van der Waals surface area contributed by atoms with Crippen molar-refractivity contribution in [3.05, 3.63) is 120 Å². The number of sulfonamides is 2. The van der Waals surface area contributed by atoms with Gasteiger partial charge in [-0.05, 0) is 87.6 Å². The summed E-state index contributed by atoms with van der Waals surface area (Å²) in [5.41, 5.74) is 3.30. The molecule has 8 rings (SSSR count). The highest BCUT2D eigenvalue weighted by Crippen LogP contribution is 2.43. The van der Waals surface area contributed by atoms with Gasteiger partial charge in [-0.1, -0.05) is 59.8 Å². The molecule has 0 spiro atoms. The lowest BCUT2D eigenvalue weighted by molar-refractivity contribution is 0.155. The third-order valence-corrected chi connectivity index (χ3v) is 14.3. The van der Waals surface area contributed by atoms with E-state index in [-0.39, 0.29) is 56.1 Å². The standard InChI is InChI=1S/C42H42N10O9S2/c1-59-31-13-7-27(8-14-31)23-51(24-28-9-15-32(60-2)16-10-28)63(57,58)40-37(62(55,56)46-30-21-22-50(26-30)42(53)54)20-19-34(35-5-4-6-36-39(35)44-47-43-36)38(40)41-45-48-49-52(41)25-29-11-17-33(61-3)18-12-29/h4-20,30,46H,21-26H2,1-3H3,(H,53,54)(H,43,44,47)/t30-/m1/s1. The van der Waals surface area contributed by atoms with E-state index in [1.54, 1.807) is 98.1 Å². The molecule has 0 saturated carbocycles. The Labute approximate surface area is 362 Å². The number of fused-ring (bicyclic) bond motifs is 1. The van der Waals surface area contributed by atoms with Gasteiger partial charge in [0.05, 0.1) is 39.0 Å². The second kappa shape index (κ2) is 17.8. The van der Waals surface area contributed by atoms with E-state index >= 15 is 8.42 Å². The molecule has 1 aliphatic rings. The molecule has 1 atom stereocenters. The molecule has 0 unspecified atom stereocenters. The molecular weight excluding hydrogens is 853 g/mol. The molecule has 0 aliphatic carbocycles. The van der Waals surface area contributed by atoms with Crippen molar-refractivity contribution in [1.82, 2.24) is 49.5 Å². The Kier molecular flexibility index (Phi) is 12.1. The number of aromatic nitrogens is 7. The smallest absolute Gasteiger partial charge is 0.407 e. The number of likely N-dealkylation sites (tertiary alicyclic amines) is 1. The molecular formula is C42H42N10O9S2. The number of benzene rings is 5. The van der Waals surface area contributed by atoms with Crippen molar-refractivity contribution < 1.29 is 40.9 Å². The third kappa shape index (κ3) is 8.89. The minimum atomic E-state index is -4.95. The van der Waals surface area contributed by atoms with Gasteiger partial charge >= 0.3 is 6.09 Å². The Morgan fingerprint density at radius 1 is 0.794 bits per heavy atom. The molecule has 1 amide bonds. The van der Waals surface area contributed by atoms with E-state index in [9.17, 15) is 18.3 Å². The molecule has 3 heterocycles. The number of H-pyrrole nitrogens is 1. The summed E-state index contributed by atoms with van der Waals surface area (Å²) in [5.74, 6) is 1.65. The zero-order valence-electron chi connectivity index (χ0n) is 34.2. The number of amides is 1. The number of hydrogen-bond acceptors (Lipinski definition) is 13. The van der Waals surface area contributed by atoms with Crippen LogP contribution in [0.3, 0.4) is 0 Å². The second-order valence-corrected chi connectivity index (χ2v) is 18.2. The van der Waals surface area contributed by atoms with Gasteiger partial charge in [0.15, 0.2) is 5.82 Å². The Balaban J connectivity index is 1.40. The third-order valence-electron chi connectivity index (χ3n) is 10.7. The molecule has 63 heavy (non-hydrogen) atoms. The number of ether oxygens (including phenoxy) is 3. The van der Waals surface area contributed by atoms with Crippen LogP contribution in [0.15, 0.2) is 113 Å². The van der Waals surface area contributed by atoms with E-state index in [2.05, 4.69) is 35.7 Å². The number of nitrogens with one attached hydrogen (secondary N) is 2. The van der Waals surface area contributed by atoms with E-state index in [4.69, 9.17) is 14.2 Å². The van der Waals surface area contributed by atoms with Gasteiger partial charge in [0.2, 0.25) is 20.0 Å². The fourth-order valence-electron chi connectivity index (χ4n) is 7.50. The van der Waals surface area contributed by atoms with E-state index < -0.39 is 42.0 Å². The average Bonchev–Trinajstić information content (AvgIpc) is 4.08. The van der Waals surface area contributed by atoms with E-state index in [1.165, 1.54) is 35.3 Å². The first kappa shape index (κ1) is 42.7. The van der Waals surface area contributed by atoms with Crippen molar-refractivity contribution in [1.29, 1.82) is 0 Å². The number of tetrazole rings is 1. The highest BCUT2D eigenvalue weighted by Gasteiger charge is 2.40. The van der Waals surface area contributed by atoms with Crippen molar-refractivity contribution in [3.8, 4) is 39.8 Å². The first-order chi connectivity index (χ1) is 30.4. The normalized spacial score (nSPS) is 14.3. The number of rotatable bonds is 16. The topological polar surface area (TPSA) is 237 Å². The van der Waals surface area contributed by atoms with Crippen LogP contribution in [-0.2, 0) is 39.7 Å². The molecule has 5 aromatic carbocycles. The molecule has 1 fully saturated rings. The van der Waals surface area contributed by atoms with Crippen LogP contribution in [0.2, 0.25) is 0 Å². The zero-order valence-corrected chi connectivity index (χ0v) is 35.9.